The van der Waals surface area contributed by atoms with Gasteiger partial charge in [0.25, 0.3) is 0 Å². The summed E-state index contributed by atoms with van der Waals surface area (Å²) in [6.45, 7) is 5.24. The molecule has 0 saturated carbocycles. The summed E-state index contributed by atoms with van der Waals surface area (Å²) in [6.07, 6.45) is -5.03. The number of allylic oxidation sites excluding steroid dienone is 2. The number of ether oxygens (including phenoxy) is 3. The van der Waals surface area contributed by atoms with Crippen LogP contribution in [0.4, 0.5) is 0 Å². The first-order valence-corrected chi connectivity index (χ1v) is 11.7. The zero-order chi connectivity index (χ0) is 27.0. The van der Waals surface area contributed by atoms with Crippen LogP contribution in [0.15, 0.2) is 51.2 Å². The molecule has 10 nitrogen and oxygen atoms in total. The highest BCUT2D eigenvalue weighted by atomic mass is 16.7. The van der Waals surface area contributed by atoms with Gasteiger partial charge in [-0.1, -0.05) is 11.6 Å². The van der Waals surface area contributed by atoms with E-state index in [1.54, 1.807) is 24.3 Å². The molecular weight excluding hydrogens is 484 g/mol. The van der Waals surface area contributed by atoms with Crippen molar-refractivity contribution in [2.45, 2.75) is 57.9 Å². The van der Waals surface area contributed by atoms with Crippen LogP contribution in [0.2, 0.25) is 0 Å². The fourth-order valence-electron chi connectivity index (χ4n) is 4.14. The first-order valence-electron chi connectivity index (χ1n) is 11.7. The van der Waals surface area contributed by atoms with Gasteiger partial charge in [-0.25, -0.2) is 0 Å². The van der Waals surface area contributed by atoms with E-state index in [-0.39, 0.29) is 34.5 Å². The minimum atomic E-state index is -1.69. The summed E-state index contributed by atoms with van der Waals surface area (Å²) in [5.74, 6) is -0.690. The molecule has 0 bridgehead atoms. The average Bonchev–Trinajstić information content (AvgIpc) is 2.86. The van der Waals surface area contributed by atoms with Gasteiger partial charge in [-0.15, -0.1) is 0 Å². The van der Waals surface area contributed by atoms with Crippen LogP contribution in [0.5, 0.6) is 23.0 Å². The normalized spacial score (nSPS) is 23.6. The summed E-state index contributed by atoms with van der Waals surface area (Å²) in [4.78, 5) is 13.8. The predicted molar refractivity (Wildman–Crippen MR) is 134 cm³/mol. The molecule has 2 heterocycles. The Kier molecular flexibility index (Phi) is 7.47. The largest absolute Gasteiger partial charge is 0.507 e. The first kappa shape index (κ1) is 26.5. The maximum Gasteiger partial charge on any atom is 0.239 e. The van der Waals surface area contributed by atoms with Crippen molar-refractivity contribution in [2.24, 2.45) is 0 Å². The number of phenols is 2. The van der Waals surface area contributed by atoms with Crippen LogP contribution in [0, 0.1) is 0 Å². The number of phenolic OH excluding ortho intramolecular Hbond substituents is 2. The van der Waals surface area contributed by atoms with Gasteiger partial charge >= 0.3 is 0 Å². The highest BCUT2D eigenvalue weighted by Crippen LogP contribution is 2.40. The summed E-state index contributed by atoms with van der Waals surface area (Å²) in [5, 5.41) is 51.6. The topological polar surface area (TPSA) is 159 Å². The van der Waals surface area contributed by atoms with Crippen LogP contribution in [-0.4, -0.2) is 63.3 Å². The number of hydrogen-bond acceptors (Lipinski definition) is 10. The predicted octanol–water partition coefficient (Wildman–Crippen LogP) is 2.59. The minimum absolute atomic E-state index is 0.0351. The van der Waals surface area contributed by atoms with Gasteiger partial charge in [0.15, 0.2) is 5.76 Å². The summed E-state index contributed by atoms with van der Waals surface area (Å²) in [7, 11) is 1.50. The van der Waals surface area contributed by atoms with Crippen molar-refractivity contribution < 1.29 is 44.2 Å². The van der Waals surface area contributed by atoms with Crippen LogP contribution >= 0.6 is 0 Å². The fraction of sp³-hybridized carbons (Fsp3) is 0.370. The number of aromatic hydroxyl groups is 2. The number of methoxy groups -OCH3 is 1. The third kappa shape index (κ3) is 5.01. The molecule has 2 aromatic carbocycles. The fourth-order valence-corrected chi connectivity index (χ4v) is 4.14. The monoisotopic (exact) mass is 514 g/mol. The molecular formula is C27H30O10. The standard InChI is InChI=1S/C27H30O10/c1-12(2)5-10-16-17(28)11-18(29)19-21(31)26(37-27-23(33)22(32)20(30)13(3)35-27)24(36-25(16)19)14-6-8-15(34-4)9-7-14/h5-9,11,13,20,22-23,27-30,32-33H,10H2,1-4H3/t13-,20-,22+,23+,27?/m0/s1. The van der Waals surface area contributed by atoms with Crippen LogP contribution in [0.25, 0.3) is 22.3 Å². The van der Waals surface area contributed by atoms with Crippen molar-refractivity contribution in [3.05, 3.63) is 57.8 Å². The Morgan fingerprint density at radius 2 is 1.70 bits per heavy atom. The summed E-state index contributed by atoms with van der Waals surface area (Å²) in [5.41, 5.74) is 0.828. The van der Waals surface area contributed by atoms with Crippen LogP contribution in [-0.2, 0) is 11.2 Å². The van der Waals surface area contributed by atoms with Crippen molar-refractivity contribution >= 4 is 11.0 Å². The number of fused-ring (bicyclic) bond motifs is 1. The quantitative estimate of drug-likeness (QED) is 0.310. The Morgan fingerprint density at radius 3 is 2.32 bits per heavy atom. The lowest BCUT2D eigenvalue weighted by molar-refractivity contribution is -0.268. The summed E-state index contributed by atoms with van der Waals surface area (Å²) < 4.78 is 22.7. The van der Waals surface area contributed by atoms with Gasteiger partial charge in [0.2, 0.25) is 17.5 Å². The SMILES string of the molecule is COc1ccc(-c2oc3c(CC=C(C)C)c(O)cc(O)c3c(=O)c2OC2O[C@@H](C)[C@H](O)[C@@H](O)[C@H]2O)cc1. The van der Waals surface area contributed by atoms with E-state index in [0.29, 0.717) is 11.3 Å². The molecule has 1 fully saturated rings. The van der Waals surface area contributed by atoms with Crippen molar-refractivity contribution in [3.8, 4) is 34.3 Å². The zero-order valence-corrected chi connectivity index (χ0v) is 20.8. The molecule has 10 heteroatoms. The lowest BCUT2D eigenvalue weighted by Gasteiger charge is -2.38. The van der Waals surface area contributed by atoms with E-state index < -0.39 is 47.6 Å². The first-order chi connectivity index (χ1) is 17.5. The highest BCUT2D eigenvalue weighted by molar-refractivity contribution is 5.91. The van der Waals surface area contributed by atoms with E-state index >= 15 is 0 Å². The Balaban J connectivity index is 1.96. The average molecular weight is 515 g/mol. The van der Waals surface area contributed by atoms with Crippen molar-refractivity contribution in [1.29, 1.82) is 0 Å². The van der Waals surface area contributed by atoms with Gasteiger partial charge < -0.3 is 44.2 Å². The van der Waals surface area contributed by atoms with Gasteiger partial charge in [-0.3, -0.25) is 4.79 Å². The van der Waals surface area contributed by atoms with E-state index in [9.17, 15) is 30.3 Å². The second-order valence-electron chi connectivity index (χ2n) is 9.20. The van der Waals surface area contributed by atoms with Crippen LogP contribution in [0.1, 0.15) is 26.3 Å². The molecule has 3 aromatic rings. The Morgan fingerprint density at radius 1 is 1.03 bits per heavy atom. The molecule has 5 N–H and O–H groups in total. The number of aliphatic hydroxyl groups is 3. The molecule has 5 atom stereocenters. The summed E-state index contributed by atoms with van der Waals surface area (Å²) >= 11 is 0. The van der Waals surface area contributed by atoms with Crippen molar-refractivity contribution in [2.75, 3.05) is 7.11 Å². The van der Waals surface area contributed by atoms with Crippen molar-refractivity contribution in [1.82, 2.24) is 0 Å². The molecule has 1 aliphatic heterocycles. The third-order valence-electron chi connectivity index (χ3n) is 6.29. The lowest BCUT2D eigenvalue weighted by Crippen LogP contribution is -2.58. The molecule has 0 spiro atoms. The molecule has 0 aliphatic carbocycles. The molecule has 1 aliphatic rings. The number of hydrogen-bond donors (Lipinski definition) is 5. The molecule has 1 saturated heterocycles. The molecule has 1 aromatic heterocycles. The zero-order valence-electron chi connectivity index (χ0n) is 20.8. The van der Waals surface area contributed by atoms with E-state index in [4.69, 9.17) is 18.6 Å². The maximum atomic E-state index is 13.8. The molecule has 37 heavy (non-hydrogen) atoms. The van der Waals surface area contributed by atoms with Crippen LogP contribution < -0.4 is 14.9 Å². The second-order valence-corrected chi connectivity index (χ2v) is 9.20. The second kappa shape index (κ2) is 10.4. The van der Waals surface area contributed by atoms with E-state index in [2.05, 4.69) is 0 Å². The summed E-state index contributed by atoms with van der Waals surface area (Å²) in [6, 6.07) is 7.57. The van der Waals surface area contributed by atoms with E-state index in [1.165, 1.54) is 14.0 Å². The number of aliphatic hydroxyl groups excluding tert-OH is 3. The van der Waals surface area contributed by atoms with Crippen molar-refractivity contribution in [3.63, 3.8) is 0 Å². The molecule has 4 rings (SSSR count). The van der Waals surface area contributed by atoms with Gasteiger partial charge in [-0.05, 0) is 51.5 Å². The van der Waals surface area contributed by atoms with Gasteiger partial charge in [0.05, 0.1) is 13.2 Å². The molecule has 198 valence electrons. The van der Waals surface area contributed by atoms with E-state index in [1.807, 2.05) is 19.9 Å². The molecule has 0 amide bonds. The Bertz CT molecular complexity index is 1370. The molecule has 1 unspecified atom stereocenters. The van der Waals surface area contributed by atoms with Crippen LogP contribution in [0.3, 0.4) is 0 Å². The van der Waals surface area contributed by atoms with Gasteiger partial charge in [0.1, 0.15) is 46.5 Å². The Hall–Kier alpha value is -3.57. The van der Waals surface area contributed by atoms with Gasteiger partial charge in [0, 0.05) is 17.2 Å². The lowest BCUT2D eigenvalue weighted by atomic mass is 10.00. The Labute approximate surface area is 212 Å². The molecule has 0 radical (unpaired) electrons. The highest BCUT2D eigenvalue weighted by Gasteiger charge is 2.44. The van der Waals surface area contributed by atoms with Gasteiger partial charge in [-0.2, -0.15) is 0 Å². The smallest absolute Gasteiger partial charge is 0.239 e. The minimum Gasteiger partial charge on any atom is -0.507 e. The number of rotatable bonds is 6. The van der Waals surface area contributed by atoms with E-state index in [0.717, 1.165) is 11.6 Å². The third-order valence-corrected chi connectivity index (χ3v) is 6.29. The number of benzene rings is 2. The maximum absolute atomic E-state index is 13.8.